The monoisotopic (exact) mass is 736 g/mol. The minimum absolute atomic E-state index is 0.0629. The fraction of sp³-hybridized carbons (Fsp3) is 0.227. The number of rotatable bonds is 9. The predicted molar refractivity (Wildman–Crippen MR) is 204 cm³/mol. The van der Waals surface area contributed by atoms with E-state index in [-0.39, 0.29) is 18.9 Å². The summed E-state index contributed by atoms with van der Waals surface area (Å²) >= 11 is 0. The highest BCUT2D eigenvalue weighted by atomic mass is 16.6. The summed E-state index contributed by atoms with van der Waals surface area (Å²) in [6.45, 7) is 1.47. The van der Waals surface area contributed by atoms with Crippen LogP contribution in [0.25, 0.3) is 0 Å². The van der Waals surface area contributed by atoms with Crippen molar-refractivity contribution >= 4 is 29.5 Å². The molecule has 2 fully saturated rings. The molecule has 2 saturated heterocycles. The average molecular weight is 737 g/mol. The maximum atomic E-state index is 15.8. The molecule has 0 radical (unpaired) electrons. The second kappa shape index (κ2) is 14.5. The van der Waals surface area contributed by atoms with Gasteiger partial charge in [0, 0.05) is 5.56 Å². The number of fused-ring (bicyclic) bond motifs is 3. The van der Waals surface area contributed by atoms with Gasteiger partial charge in [0.1, 0.15) is 29.9 Å². The smallest absolute Gasteiger partial charge is 0.329 e. The van der Waals surface area contributed by atoms with E-state index in [2.05, 4.69) is 5.32 Å². The van der Waals surface area contributed by atoms with E-state index < -0.39 is 65.4 Å². The molecule has 278 valence electrons. The quantitative estimate of drug-likeness (QED) is 0.164. The standard InChI is InChI=1S/C44H40N4O7/c1-27(28-15-5-2-6-16-28)46-43(53)47-33-23-13-12-22-32(33)44(42(47)52)35(40(45)50)37-41(51)55-38(30-19-9-4-10-20-30)36(29-17-7-3-8-18-29)48(37)39(44)31-21-11-14-24-34(31)54-26-25-49/h2-24,27,35-39,49H,25-26H2,1H3,(H2,45,50)(H,46,53). The zero-order valence-corrected chi connectivity index (χ0v) is 30.0. The molecule has 7 atom stereocenters. The minimum atomic E-state index is -1.93. The molecule has 11 heteroatoms. The summed E-state index contributed by atoms with van der Waals surface area (Å²) in [7, 11) is 0. The molecule has 5 aromatic rings. The average Bonchev–Trinajstić information content (AvgIpc) is 3.67. The topological polar surface area (TPSA) is 151 Å². The van der Waals surface area contributed by atoms with E-state index in [0.717, 1.165) is 16.0 Å². The van der Waals surface area contributed by atoms with Gasteiger partial charge in [0.05, 0.1) is 36.3 Å². The predicted octanol–water partition coefficient (Wildman–Crippen LogP) is 5.68. The highest BCUT2D eigenvalue weighted by Gasteiger charge is 2.75. The maximum absolute atomic E-state index is 15.8. The maximum Gasteiger partial charge on any atom is 0.329 e. The zero-order valence-electron chi connectivity index (χ0n) is 30.0. The first-order chi connectivity index (χ1) is 26.8. The van der Waals surface area contributed by atoms with Gasteiger partial charge in [0.15, 0.2) is 0 Å². The van der Waals surface area contributed by atoms with E-state index in [1.54, 1.807) is 48.5 Å². The Labute approximate surface area is 318 Å². The Kier molecular flexibility index (Phi) is 9.42. The number of cyclic esters (lactones) is 1. The van der Waals surface area contributed by atoms with Crippen LogP contribution in [0.2, 0.25) is 0 Å². The SMILES string of the molecule is CC(NC(=O)N1C(=O)C2(c3ccccc31)C(C(N)=O)C1C(=O)OC(c3ccccc3)C(c3ccccc3)N1C2c1ccccc1OCCO)c1ccccc1. The Morgan fingerprint density at radius 1 is 0.818 bits per heavy atom. The first-order valence-electron chi connectivity index (χ1n) is 18.3. The molecule has 55 heavy (non-hydrogen) atoms. The van der Waals surface area contributed by atoms with Gasteiger partial charge in [-0.1, -0.05) is 127 Å². The third-order valence-corrected chi connectivity index (χ3v) is 11.1. The molecule has 0 saturated carbocycles. The first kappa shape index (κ1) is 35.7. The van der Waals surface area contributed by atoms with Crippen molar-refractivity contribution < 1.29 is 33.8 Å². The number of hydrogen-bond donors (Lipinski definition) is 3. The lowest BCUT2D eigenvalue weighted by Crippen LogP contribution is -2.55. The molecule has 7 unspecified atom stereocenters. The molecule has 3 heterocycles. The van der Waals surface area contributed by atoms with Crippen LogP contribution in [0.5, 0.6) is 5.75 Å². The number of hydrogen-bond acceptors (Lipinski definition) is 8. The number of benzene rings is 5. The Bertz CT molecular complexity index is 2240. The molecule has 3 aliphatic rings. The van der Waals surface area contributed by atoms with Gasteiger partial charge in [0.2, 0.25) is 11.8 Å². The van der Waals surface area contributed by atoms with Crippen LogP contribution < -0.4 is 20.7 Å². The summed E-state index contributed by atoms with van der Waals surface area (Å²) in [5.74, 6) is -3.53. The van der Waals surface area contributed by atoms with Crippen LogP contribution in [0.15, 0.2) is 140 Å². The Balaban J connectivity index is 1.40. The van der Waals surface area contributed by atoms with Crippen molar-refractivity contribution in [1.82, 2.24) is 10.2 Å². The lowest BCUT2D eigenvalue weighted by Gasteiger charge is -2.46. The van der Waals surface area contributed by atoms with E-state index in [1.165, 1.54) is 0 Å². The number of nitrogens with zero attached hydrogens (tertiary/aromatic N) is 2. The van der Waals surface area contributed by atoms with Crippen molar-refractivity contribution in [2.24, 2.45) is 11.7 Å². The lowest BCUT2D eigenvalue weighted by atomic mass is 9.65. The number of nitrogens with two attached hydrogens (primary N) is 1. The van der Waals surface area contributed by atoms with Gasteiger partial charge in [-0.3, -0.25) is 19.3 Å². The zero-order chi connectivity index (χ0) is 38.3. The number of nitrogens with one attached hydrogen (secondary N) is 1. The number of imide groups is 1. The number of aliphatic hydroxyl groups excluding tert-OH is 1. The summed E-state index contributed by atoms with van der Waals surface area (Å²) < 4.78 is 12.5. The number of amides is 4. The molecular formula is C44H40N4O7. The van der Waals surface area contributed by atoms with Crippen molar-refractivity contribution in [2.75, 3.05) is 18.1 Å². The summed E-state index contributed by atoms with van der Waals surface area (Å²) in [6.07, 6.45) is -0.873. The number of anilines is 1. The Morgan fingerprint density at radius 3 is 2.09 bits per heavy atom. The number of primary amides is 1. The number of carbonyl (C=O) groups excluding carboxylic acids is 4. The van der Waals surface area contributed by atoms with Crippen LogP contribution in [0, 0.1) is 5.92 Å². The van der Waals surface area contributed by atoms with Crippen LogP contribution in [0.4, 0.5) is 10.5 Å². The van der Waals surface area contributed by atoms with E-state index in [0.29, 0.717) is 22.4 Å². The number of carbonyl (C=O) groups is 4. The van der Waals surface area contributed by atoms with Crippen molar-refractivity contribution in [3.05, 3.63) is 167 Å². The van der Waals surface area contributed by atoms with Crippen molar-refractivity contribution in [3.8, 4) is 5.75 Å². The molecule has 5 aromatic carbocycles. The van der Waals surface area contributed by atoms with Crippen molar-refractivity contribution in [2.45, 2.75) is 42.6 Å². The summed E-state index contributed by atoms with van der Waals surface area (Å²) in [5, 5.41) is 12.8. The second-order valence-corrected chi connectivity index (χ2v) is 14.0. The summed E-state index contributed by atoms with van der Waals surface area (Å²) in [6, 6.07) is 37.6. The van der Waals surface area contributed by atoms with Gasteiger partial charge in [0.25, 0.3) is 0 Å². The van der Waals surface area contributed by atoms with Crippen molar-refractivity contribution in [3.63, 3.8) is 0 Å². The lowest BCUT2D eigenvalue weighted by molar-refractivity contribution is -0.178. The minimum Gasteiger partial charge on any atom is -0.491 e. The molecule has 1 spiro atoms. The van der Waals surface area contributed by atoms with Gasteiger partial charge in [-0.25, -0.2) is 9.69 Å². The third-order valence-electron chi connectivity index (χ3n) is 11.1. The molecule has 3 aliphatic heterocycles. The number of para-hydroxylation sites is 2. The van der Waals surface area contributed by atoms with Crippen molar-refractivity contribution in [1.29, 1.82) is 0 Å². The van der Waals surface area contributed by atoms with Gasteiger partial charge in [-0.05, 0) is 41.3 Å². The largest absolute Gasteiger partial charge is 0.491 e. The van der Waals surface area contributed by atoms with Gasteiger partial charge in [-0.15, -0.1) is 0 Å². The normalized spacial score (nSPS) is 24.8. The van der Waals surface area contributed by atoms with E-state index in [9.17, 15) is 19.5 Å². The van der Waals surface area contributed by atoms with Gasteiger partial charge >= 0.3 is 12.0 Å². The van der Waals surface area contributed by atoms with E-state index in [4.69, 9.17) is 15.2 Å². The molecule has 4 amide bonds. The number of urea groups is 1. The Hall–Kier alpha value is -6.30. The van der Waals surface area contributed by atoms with E-state index in [1.807, 2.05) is 103 Å². The molecule has 8 rings (SSSR count). The van der Waals surface area contributed by atoms with Gasteiger partial charge in [-0.2, -0.15) is 0 Å². The highest BCUT2D eigenvalue weighted by Crippen LogP contribution is 2.66. The van der Waals surface area contributed by atoms with Gasteiger partial charge < -0.3 is 25.6 Å². The van der Waals surface area contributed by atoms with Crippen LogP contribution in [0.1, 0.15) is 59.0 Å². The first-order valence-corrected chi connectivity index (χ1v) is 18.3. The fourth-order valence-electron chi connectivity index (χ4n) is 8.93. The highest BCUT2D eigenvalue weighted by molar-refractivity contribution is 6.24. The van der Waals surface area contributed by atoms with Crippen LogP contribution >= 0.6 is 0 Å². The summed E-state index contributed by atoms with van der Waals surface area (Å²) in [5.41, 5.74) is 7.85. The molecule has 0 aromatic heterocycles. The van der Waals surface area contributed by atoms with E-state index >= 15 is 4.79 Å². The third kappa shape index (κ3) is 5.74. The Morgan fingerprint density at radius 2 is 1.42 bits per heavy atom. The molecular weight excluding hydrogens is 697 g/mol. The van der Waals surface area contributed by atoms with Crippen LogP contribution in [-0.4, -0.2) is 53.1 Å². The van der Waals surface area contributed by atoms with Crippen LogP contribution in [0.3, 0.4) is 0 Å². The number of morpholine rings is 1. The number of aliphatic hydroxyl groups is 1. The van der Waals surface area contributed by atoms with Crippen LogP contribution in [-0.2, 0) is 24.5 Å². The number of esters is 1. The fourth-order valence-corrected chi connectivity index (χ4v) is 8.93. The molecule has 11 nitrogen and oxygen atoms in total. The second-order valence-electron chi connectivity index (χ2n) is 14.0. The molecule has 4 N–H and O–H groups in total. The molecule has 0 aliphatic carbocycles. The summed E-state index contributed by atoms with van der Waals surface area (Å²) in [4.78, 5) is 62.2. The number of ether oxygens (including phenoxy) is 2. The molecule has 0 bridgehead atoms.